The summed E-state index contributed by atoms with van der Waals surface area (Å²) in [6.45, 7) is 6.86. The molecule has 0 saturated heterocycles. The van der Waals surface area contributed by atoms with Crippen LogP contribution in [0.1, 0.15) is 49.5 Å². The second kappa shape index (κ2) is 10.2. The van der Waals surface area contributed by atoms with E-state index in [1.165, 1.54) is 10.8 Å². The third-order valence-electron chi connectivity index (χ3n) is 4.77. The molecule has 1 atom stereocenters. The number of halogens is 1. The van der Waals surface area contributed by atoms with Gasteiger partial charge in [-0.1, -0.05) is 34.1 Å². The fourth-order valence-electron chi connectivity index (χ4n) is 3.36. The Balaban J connectivity index is 2.03. The minimum atomic E-state index is -1.48. The zero-order valence-electron chi connectivity index (χ0n) is 19.3. The maximum atomic E-state index is 13.2. The Kier molecular flexibility index (Phi) is 7.56. The van der Waals surface area contributed by atoms with E-state index >= 15 is 0 Å². The quantitative estimate of drug-likeness (QED) is 0.377. The molecule has 3 rings (SSSR count). The van der Waals surface area contributed by atoms with Crippen LogP contribution in [0.4, 0.5) is 4.79 Å². The molecule has 1 unspecified atom stereocenters. The van der Waals surface area contributed by atoms with Crippen LogP contribution in [0, 0.1) is 0 Å². The second-order valence-electron chi connectivity index (χ2n) is 8.46. The number of fused-ring (bicyclic) bond motifs is 1. The van der Waals surface area contributed by atoms with Gasteiger partial charge in [-0.2, -0.15) is 0 Å². The van der Waals surface area contributed by atoms with Crippen molar-refractivity contribution in [2.45, 2.75) is 39.2 Å². The Hall–Kier alpha value is -3.46. The fraction of sp³-hybridized carbons (Fsp3) is 0.280. The van der Waals surface area contributed by atoms with Crippen molar-refractivity contribution in [3.8, 4) is 0 Å². The number of nitrogens with zero attached hydrogens (tertiary/aromatic N) is 1. The highest BCUT2D eigenvalue weighted by Gasteiger charge is 2.35. The first-order chi connectivity index (χ1) is 16.0. The summed E-state index contributed by atoms with van der Waals surface area (Å²) >= 11 is 3.29. The Morgan fingerprint density at radius 1 is 1.03 bits per heavy atom. The van der Waals surface area contributed by atoms with Crippen LogP contribution in [0.15, 0.2) is 59.2 Å². The number of carbonyl (C=O) groups is 4. The molecule has 0 radical (unpaired) electrons. The number of para-hydroxylation sites is 1. The van der Waals surface area contributed by atoms with Crippen molar-refractivity contribution >= 4 is 50.7 Å². The molecular weight excluding hydrogens is 504 g/mol. The average Bonchev–Trinajstić information content (AvgIpc) is 3.13. The smallest absolute Gasteiger partial charge is 0.419 e. The molecule has 2 amide bonds. The third-order valence-corrected chi connectivity index (χ3v) is 5.30. The number of aromatic nitrogens is 1. The molecular formula is C25H25BrN2O6. The van der Waals surface area contributed by atoms with Crippen molar-refractivity contribution in [3.05, 3.63) is 70.3 Å². The Morgan fingerprint density at radius 3 is 2.29 bits per heavy atom. The highest BCUT2D eigenvalue weighted by molar-refractivity contribution is 9.10. The molecule has 0 saturated carbocycles. The van der Waals surface area contributed by atoms with Gasteiger partial charge in [0.2, 0.25) is 5.91 Å². The largest absolute Gasteiger partial charge is 0.465 e. The van der Waals surface area contributed by atoms with Crippen LogP contribution < -0.4 is 5.32 Å². The van der Waals surface area contributed by atoms with Gasteiger partial charge in [0.1, 0.15) is 5.60 Å². The summed E-state index contributed by atoms with van der Waals surface area (Å²) in [6.07, 6.45) is 0.716. The van der Waals surface area contributed by atoms with E-state index in [9.17, 15) is 19.2 Å². The van der Waals surface area contributed by atoms with Crippen molar-refractivity contribution in [1.29, 1.82) is 0 Å². The van der Waals surface area contributed by atoms with Crippen LogP contribution in [0.5, 0.6) is 0 Å². The third kappa shape index (κ3) is 5.72. The first-order valence-corrected chi connectivity index (χ1v) is 11.4. The number of rotatable bonds is 5. The molecule has 3 aromatic rings. The molecule has 1 aromatic heterocycles. The van der Waals surface area contributed by atoms with Crippen molar-refractivity contribution in [3.63, 3.8) is 0 Å². The van der Waals surface area contributed by atoms with Gasteiger partial charge in [0.05, 0.1) is 12.1 Å². The lowest BCUT2D eigenvalue weighted by Crippen LogP contribution is -2.38. The molecule has 0 aliphatic rings. The van der Waals surface area contributed by atoms with E-state index in [1.807, 2.05) is 0 Å². The Labute approximate surface area is 205 Å². The molecule has 9 heteroatoms. The normalized spacial score (nSPS) is 12.1. The molecule has 34 heavy (non-hydrogen) atoms. The van der Waals surface area contributed by atoms with Gasteiger partial charge >= 0.3 is 12.1 Å². The summed E-state index contributed by atoms with van der Waals surface area (Å²) in [4.78, 5) is 51.5. The minimum Gasteiger partial charge on any atom is -0.465 e. The van der Waals surface area contributed by atoms with Crippen molar-refractivity contribution in [2.75, 3.05) is 6.61 Å². The van der Waals surface area contributed by atoms with E-state index in [1.54, 1.807) is 76.2 Å². The zero-order chi connectivity index (χ0) is 25.0. The number of benzene rings is 2. The van der Waals surface area contributed by atoms with E-state index in [-0.39, 0.29) is 17.7 Å². The lowest BCUT2D eigenvalue weighted by Gasteiger charge is -2.19. The predicted molar refractivity (Wildman–Crippen MR) is 130 cm³/mol. The fourth-order valence-corrected chi connectivity index (χ4v) is 3.62. The van der Waals surface area contributed by atoms with Crippen LogP contribution in [0.25, 0.3) is 10.9 Å². The lowest BCUT2D eigenvalue weighted by molar-refractivity contribution is -0.148. The molecule has 178 valence electrons. The van der Waals surface area contributed by atoms with E-state index in [0.717, 1.165) is 4.47 Å². The first kappa shape index (κ1) is 25.2. The second-order valence-corrected chi connectivity index (χ2v) is 9.38. The number of hydrogen-bond donors (Lipinski definition) is 1. The number of hydrogen-bond acceptors (Lipinski definition) is 6. The summed E-state index contributed by atoms with van der Waals surface area (Å²) in [5.74, 6) is -3.84. The van der Waals surface area contributed by atoms with Gasteiger partial charge in [0, 0.05) is 27.2 Å². The standard InChI is InChI=1S/C25H25BrN2O6/c1-5-33-23(31)20(22(30)27-21(29)15-10-12-16(26)13-11-15)18-14-28(24(32)34-25(2,3)4)19-9-7-6-8-17(18)19/h6-14,20H,5H2,1-4H3,(H,27,29,30). The Bertz CT molecular complexity index is 1240. The minimum absolute atomic E-state index is 0.0357. The molecule has 0 bridgehead atoms. The molecule has 8 nitrogen and oxygen atoms in total. The highest BCUT2D eigenvalue weighted by atomic mass is 79.9. The monoisotopic (exact) mass is 528 g/mol. The number of carbonyl (C=O) groups excluding carboxylic acids is 4. The maximum absolute atomic E-state index is 13.2. The molecule has 1 N–H and O–H groups in total. The van der Waals surface area contributed by atoms with Crippen molar-refractivity contribution in [2.24, 2.45) is 0 Å². The maximum Gasteiger partial charge on any atom is 0.419 e. The van der Waals surface area contributed by atoms with Gasteiger partial charge in [-0.25, -0.2) is 4.79 Å². The molecule has 0 spiro atoms. The van der Waals surface area contributed by atoms with E-state index in [2.05, 4.69) is 21.2 Å². The predicted octanol–water partition coefficient (Wildman–Crippen LogP) is 4.79. The summed E-state index contributed by atoms with van der Waals surface area (Å²) in [7, 11) is 0. The van der Waals surface area contributed by atoms with Gasteiger partial charge in [0.25, 0.3) is 5.91 Å². The van der Waals surface area contributed by atoms with Crippen LogP contribution in [-0.2, 0) is 19.1 Å². The topological polar surface area (TPSA) is 104 Å². The number of nitrogens with one attached hydrogen (secondary N) is 1. The SMILES string of the molecule is CCOC(=O)C(C(=O)NC(=O)c1ccc(Br)cc1)c1cn(C(=O)OC(C)(C)C)c2ccccc12. The van der Waals surface area contributed by atoms with Crippen LogP contribution in [0.2, 0.25) is 0 Å². The van der Waals surface area contributed by atoms with E-state index in [4.69, 9.17) is 9.47 Å². The number of esters is 1. The number of amides is 2. The van der Waals surface area contributed by atoms with E-state index < -0.39 is 35.4 Å². The number of imide groups is 1. The zero-order valence-corrected chi connectivity index (χ0v) is 20.8. The summed E-state index contributed by atoms with van der Waals surface area (Å²) in [6, 6.07) is 13.2. The van der Waals surface area contributed by atoms with Crippen molar-refractivity contribution < 1.29 is 28.7 Å². The van der Waals surface area contributed by atoms with Crippen LogP contribution in [-0.4, -0.2) is 40.7 Å². The highest BCUT2D eigenvalue weighted by Crippen LogP contribution is 2.30. The molecule has 0 fully saturated rings. The van der Waals surface area contributed by atoms with Gasteiger partial charge < -0.3 is 9.47 Å². The van der Waals surface area contributed by atoms with Crippen LogP contribution in [0.3, 0.4) is 0 Å². The van der Waals surface area contributed by atoms with Gasteiger partial charge in [-0.05, 0) is 58.0 Å². The van der Waals surface area contributed by atoms with Gasteiger partial charge in [-0.3, -0.25) is 24.3 Å². The van der Waals surface area contributed by atoms with Gasteiger partial charge in [0.15, 0.2) is 5.92 Å². The van der Waals surface area contributed by atoms with Crippen LogP contribution >= 0.6 is 15.9 Å². The summed E-state index contributed by atoms with van der Waals surface area (Å²) in [5, 5.41) is 2.76. The van der Waals surface area contributed by atoms with Gasteiger partial charge in [-0.15, -0.1) is 0 Å². The lowest BCUT2D eigenvalue weighted by atomic mass is 9.97. The molecule has 0 aliphatic heterocycles. The van der Waals surface area contributed by atoms with E-state index in [0.29, 0.717) is 10.9 Å². The average molecular weight is 529 g/mol. The first-order valence-electron chi connectivity index (χ1n) is 10.6. The van der Waals surface area contributed by atoms with Crippen molar-refractivity contribution in [1.82, 2.24) is 9.88 Å². The molecule has 2 aromatic carbocycles. The molecule has 1 heterocycles. The molecule has 0 aliphatic carbocycles. The summed E-state index contributed by atoms with van der Waals surface area (Å²) in [5.41, 5.74) is 0.168. The summed E-state index contributed by atoms with van der Waals surface area (Å²) < 4.78 is 12.6. The Morgan fingerprint density at radius 2 is 1.68 bits per heavy atom. The number of ether oxygens (including phenoxy) is 2.